The highest BCUT2D eigenvalue weighted by Crippen LogP contribution is 2.22. The maximum absolute atomic E-state index is 11.9. The molecule has 2 unspecified atom stereocenters. The fourth-order valence-corrected chi connectivity index (χ4v) is 3.25. The van der Waals surface area contributed by atoms with Gasteiger partial charge in [-0.1, -0.05) is 25.6 Å². The number of rotatable bonds is 2. The minimum atomic E-state index is -0.395. The predicted molar refractivity (Wildman–Crippen MR) is 72.5 cm³/mol. The van der Waals surface area contributed by atoms with Crippen LogP contribution in [0.3, 0.4) is 0 Å². The van der Waals surface area contributed by atoms with Crippen LogP contribution >= 0.6 is 11.8 Å². The third-order valence-corrected chi connectivity index (χ3v) is 4.43. The number of carbonyl (C=O) groups is 2. The van der Waals surface area contributed by atoms with E-state index >= 15 is 0 Å². The highest BCUT2D eigenvalue weighted by molar-refractivity contribution is 8.14. The van der Waals surface area contributed by atoms with Crippen LogP contribution in [0, 0.1) is 5.92 Å². The zero-order chi connectivity index (χ0) is 13.3. The second-order valence-corrected chi connectivity index (χ2v) is 6.09. The predicted octanol–water partition coefficient (Wildman–Crippen LogP) is 0.851. The van der Waals surface area contributed by atoms with E-state index in [0.717, 1.165) is 10.9 Å². The Bertz CT molecular complexity index is 395. The average Bonchev–Trinajstić information content (AvgIpc) is 2.79. The Morgan fingerprint density at radius 3 is 2.78 bits per heavy atom. The lowest BCUT2D eigenvalue weighted by atomic mass is 10.1. The molecule has 2 atom stereocenters. The molecule has 5 nitrogen and oxygen atoms in total. The van der Waals surface area contributed by atoms with Gasteiger partial charge >= 0.3 is 0 Å². The van der Waals surface area contributed by atoms with Crippen LogP contribution in [-0.4, -0.2) is 46.8 Å². The number of carbonyl (C=O) groups excluding carboxylic acids is 2. The van der Waals surface area contributed by atoms with E-state index in [0.29, 0.717) is 24.8 Å². The van der Waals surface area contributed by atoms with Gasteiger partial charge < -0.3 is 5.32 Å². The van der Waals surface area contributed by atoms with Crippen LogP contribution in [-0.2, 0) is 9.59 Å². The Morgan fingerprint density at radius 2 is 2.17 bits per heavy atom. The number of imide groups is 1. The molecule has 6 heteroatoms. The van der Waals surface area contributed by atoms with Crippen molar-refractivity contribution < 1.29 is 9.59 Å². The quantitative estimate of drug-likeness (QED) is 0.755. The number of nitrogens with zero attached hydrogens (tertiary/aromatic N) is 2. The SMILES string of the molecule is CC(C)C1CSC(=NC2CCC(=O)N(C)C2=O)N1. The molecule has 0 bridgehead atoms. The van der Waals surface area contributed by atoms with Gasteiger partial charge in [-0.3, -0.25) is 14.5 Å². The summed E-state index contributed by atoms with van der Waals surface area (Å²) in [6.07, 6.45) is 0.933. The molecule has 0 spiro atoms. The number of amides is 2. The van der Waals surface area contributed by atoms with Crippen LogP contribution in [0.4, 0.5) is 0 Å². The van der Waals surface area contributed by atoms with Crippen molar-refractivity contribution in [1.82, 2.24) is 10.2 Å². The average molecular weight is 269 g/mol. The number of thioether (sulfide) groups is 1. The molecule has 0 aliphatic carbocycles. The second kappa shape index (κ2) is 5.30. The summed E-state index contributed by atoms with van der Waals surface area (Å²) in [5.74, 6) is 1.25. The van der Waals surface area contributed by atoms with Crippen molar-refractivity contribution in [3.05, 3.63) is 0 Å². The van der Waals surface area contributed by atoms with Crippen LogP contribution in [0.5, 0.6) is 0 Å². The van der Waals surface area contributed by atoms with Gasteiger partial charge in [-0.25, -0.2) is 4.99 Å². The molecule has 2 rings (SSSR count). The lowest BCUT2D eigenvalue weighted by Crippen LogP contribution is -2.45. The van der Waals surface area contributed by atoms with Crippen molar-refractivity contribution in [3.63, 3.8) is 0 Å². The third kappa shape index (κ3) is 2.68. The van der Waals surface area contributed by atoms with Crippen molar-refractivity contribution >= 4 is 28.7 Å². The number of likely N-dealkylation sites (tertiary alicyclic amines) is 1. The Labute approximate surface area is 111 Å². The summed E-state index contributed by atoms with van der Waals surface area (Å²) in [6, 6.07) is 0.0282. The number of amidine groups is 1. The van der Waals surface area contributed by atoms with E-state index in [1.54, 1.807) is 11.8 Å². The number of aliphatic imine (C=N–C) groups is 1. The Balaban J connectivity index is 2.01. The van der Waals surface area contributed by atoms with Gasteiger partial charge in [0.05, 0.1) is 0 Å². The molecule has 2 heterocycles. The molecule has 2 aliphatic rings. The first-order chi connectivity index (χ1) is 8.49. The summed E-state index contributed by atoms with van der Waals surface area (Å²) < 4.78 is 0. The van der Waals surface area contributed by atoms with Gasteiger partial charge in [0.1, 0.15) is 6.04 Å². The maximum Gasteiger partial charge on any atom is 0.253 e. The fraction of sp³-hybridized carbons (Fsp3) is 0.750. The molecule has 2 amide bonds. The molecular weight excluding hydrogens is 250 g/mol. The smallest absolute Gasteiger partial charge is 0.253 e. The molecule has 100 valence electrons. The summed E-state index contributed by atoms with van der Waals surface area (Å²) in [4.78, 5) is 28.9. The van der Waals surface area contributed by atoms with Crippen LogP contribution in [0.25, 0.3) is 0 Å². The van der Waals surface area contributed by atoms with Crippen molar-refractivity contribution in [3.8, 4) is 0 Å². The highest BCUT2D eigenvalue weighted by Gasteiger charge is 2.33. The van der Waals surface area contributed by atoms with E-state index in [9.17, 15) is 9.59 Å². The summed E-state index contributed by atoms with van der Waals surface area (Å²) in [7, 11) is 1.53. The normalized spacial score (nSPS) is 31.3. The molecule has 0 aromatic rings. The van der Waals surface area contributed by atoms with Crippen LogP contribution in [0.2, 0.25) is 0 Å². The maximum atomic E-state index is 11.9. The minimum Gasteiger partial charge on any atom is -0.361 e. The monoisotopic (exact) mass is 269 g/mol. The van der Waals surface area contributed by atoms with E-state index < -0.39 is 6.04 Å². The Morgan fingerprint density at radius 1 is 1.44 bits per heavy atom. The zero-order valence-electron chi connectivity index (χ0n) is 11.0. The third-order valence-electron chi connectivity index (χ3n) is 3.41. The number of hydrogen-bond donors (Lipinski definition) is 1. The summed E-state index contributed by atoms with van der Waals surface area (Å²) >= 11 is 1.66. The molecule has 0 saturated carbocycles. The van der Waals surface area contributed by atoms with Gasteiger partial charge in [-0.15, -0.1) is 0 Å². The van der Waals surface area contributed by atoms with Crippen molar-refractivity contribution in [2.45, 2.75) is 38.8 Å². The van der Waals surface area contributed by atoms with Crippen LogP contribution in [0.15, 0.2) is 4.99 Å². The zero-order valence-corrected chi connectivity index (χ0v) is 11.8. The number of likely N-dealkylation sites (N-methyl/N-ethyl adjacent to an activating group) is 1. The van der Waals surface area contributed by atoms with E-state index in [1.807, 2.05) is 0 Å². The minimum absolute atomic E-state index is 0.108. The van der Waals surface area contributed by atoms with Gasteiger partial charge in [0, 0.05) is 25.3 Å². The topological polar surface area (TPSA) is 61.8 Å². The van der Waals surface area contributed by atoms with Gasteiger partial charge in [0.25, 0.3) is 5.91 Å². The molecule has 18 heavy (non-hydrogen) atoms. The van der Waals surface area contributed by atoms with Crippen LogP contribution in [0.1, 0.15) is 26.7 Å². The van der Waals surface area contributed by atoms with Crippen molar-refractivity contribution in [2.75, 3.05) is 12.8 Å². The second-order valence-electron chi connectivity index (χ2n) is 5.09. The van der Waals surface area contributed by atoms with Crippen molar-refractivity contribution in [1.29, 1.82) is 0 Å². The Hall–Kier alpha value is -1.04. The molecule has 0 aromatic carbocycles. The highest BCUT2D eigenvalue weighted by atomic mass is 32.2. The molecule has 2 saturated heterocycles. The molecular formula is C12H19N3O2S. The van der Waals surface area contributed by atoms with Gasteiger partial charge in [-0.2, -0.15) is 0 Å². The summed E-state index contributed by atoms with van der Waals surface area (Å²) in [5.41, 5.74) is 0. The summed E-state index contributed by atoms with van der Waals surface area (Å²) in [6.45, 7) is 4.33. The first kappa shape index (κ1) is 13.4. The largest absolute Gasteiger partial charge is 0.361 e. The van der Waals surface area contributed by atoms with E-state index in [4.69, 9.17) is 0 Å². The molecule has 0 radical (unpaired) electrons. The summed E-state index contributed by atoms with van der Waals surface area (Å²) in [5, 5.41) is 4.18. The number of hydrogen-bond acceptors (Lipinski definition) is 4. The van der Waals surface area contributed by atoms with Gasteiger partial charge in [0.2, 0.25) is 5.91 Å². The van der Waals surface area contributed by atoms with E-state index in [1.165, 1.54) is 11.9 Å². The first-order valence-electron chi connectivity index (χ1n) is 6.26. The first-order valence-corrected chi connectivity index (χ1v) is 7.25. The van der Waals surface area contributed by atoms with Crippen molar-refractivity contribution in [2.24, 2.45) is 10.9 Å². The molecule has 1 N–H and O–H groups in total. The molecule has 2 fully saturated rings. The standard InChI is InChI=1S/C12H19N3O2S/c1-7(2)9-6-18-12(14-9)13-8-4-5-10(16)15(3)11(8)17/h7-9H,4-6H2,1-3H3,(H,13,14). The van der Waals surface area contributed by atoms with Gasteiger partial charge in [-0.05, 0) is 12.3 Å². The Kier molecular flexibility index (Phi) is 3.94. The van der Waals surface area contributed by atoms with E-state index in [-0.39, 0.29) is 11.8 Å². The van der Waals surface area contributed by atoms with E-state index in [2.05, 4.69) is 24.2 Å². The number of piperidine rings is 1. The lowest BCUT2D eigenvalue weighted by Gasteiger charge is -2.25. The molecule has 2 aliphatic heterocycles. The molecule has 0 aromatic heterocycles. The number of nitrogens with one attached hydrogen (secondary N) is 1. The van der Waals surface area contributed by atoms with Crippen LogP contribution < -0.4 is 5.32 Å². The van der Waals surface area contributed by atoms with Gasteiger partial charge in [0.15, 0.2) is 5.17 Å². The fourth-order valence-electron chi connectivity index (χ4n) is 2.00. The lowest BCUT2D eigenvalue weighted by molar-refractivity contribution is -0.147.